The topological polar surface area (TPSA) is 171 Å². The smallest absolute Gasteiger partial charge is 0.258 e. The van der Waals surface area contributed by atoms with Crippen LogP contribution >= 0.6 is 0 Å². The van der Waals surface area contributed by atoms with E-state index in [1.165, 1.54) is 4.90 Å². The quantitative estimate of drug-likeness (QED) is 0.210. The Kier molecular flexibility index (Phi) is 11.9. The fraction of sp³-hybridized carbons (Fsp3) is 0.459. The fourth-order valence-corrected chi connectivity index (χ4v) is 7.03. The summed E-state index contributed by atoms with van der Waals surface area (Å²) in [6.07, 6.45) is -0.363. The predicted molar refractivity (Wildman–Crippen MR) is 191 cm³/mol. The van der Waals surface area contributed by atoms with E-state index in [0.717, 1.165) is 17.0 Å². The van der Waals surface area contributed by atoms with Crippen LogP contribution in [0.5, 0.6) is 5.75 Å². The first-order valence-corrected chi connectivity index (χ1v) is 18.6. The Balaban J connectivity index is 1.55. The van der Waals surface area contributed by atoms with Crippen LogP contribution in [0.1, 0.15) is 46.6 Å². The number of carbonyl (C=O) groups is 4. The highest BCUT2D eigenvalue weighted by molar-refractivity contribution is 7.90. The number of nitrogens with zero attached hydrogens (tertiary/aromatic N) is 1. The van der Waals surface area contributed by atoms with E-state index in [4.69, 9.17) is 4.74 Å². The molecule has 0 aliphatic carbocycles. The van der Waals surface area contributed by atoms with Crippen LogP contribution < -0.4 is 20.7 Å². The zero-order valence-electron chi connectivity index (χ0n) is 29.4. The van der Waals surface area contributed by atoms with Crippen molar-refractivity contribution in [2.24, 2.45) is 5.41 Å². The standard InChI is InChI=1S/C37H48N4O8S/c1-36(2,3)40-34(45)32-37(4,5)19-20-41(32)35(46)31(43)27(21-24-13-8-7-9-14-24)39-33(44)28(23-50(6,47)48)38-30(42)22-49-29-18-12-16-25-15-10-11-17-26(25)29/h7-18,27-28,31-32,43H,19-23H2,1-6H3,(H,38,42)(H,39,44)(H,40,45)/t27-,28-,31-,32+/m0/s1. The normalized spacial score (nSPS) is 17.7. The van der Waals surface area contributed by atoms with Crippen molar-refractivity contribution in [2.45, 2.75) is 77.2 Å². The molecule has 0 unspecified atom stereocenters. The highest BCUT2D eigenvalue weighted by Crippen LogP contribution is 2.37. The van der Waals surface area contributed by atoms with E-state index < -0.39 is 75.1 Å². The summed E-state index contributed by atoms with van der Waals surface area (Å²) < 4.78 is 30.5. The molecule has 50 heavy (non-hydrogen) atoms. The highest BCUT2D eigenvalue weighted by Gasteiger charge is 2.49. The number of amides is 4. The molecule has 270 valence electrons. The number of aliphatic hydroxyl groups excluding tert-OH is 1. The molecule has 4 N–H and O–H groups in total. The third kappa shape index (κ3) is 10.3. The van der Waals surface area contributed by atoms with E-state index in [1.807, 2.05) is 65.0 Å². The van der Waals surface area contributed by atoms with Crippen molar-refractivity contribution in [1.29, 1.82) is 0 Å². The number of fused-ring (bicyclic) bond motifs is 1. The molecular weight excluding hydrogens is 660 g/mol. The summed E-state index contributed by atoms with van der Waals surface area (Å²) >= 11 is 0. The summed E-state index contributed by atoms with van der Waals surface area (Å²) in [4.78, 5) is 55.5. The number of benzene rings is 3. The molecule has 0 spiro atoms. The van der Waals surface area contributed by atoms with Crippen molar-refractivity contribution >= 4 is 44.2 Å². The Morgan fingerprint density at radius 2 is 1.60 bits per heavy atom. The number of hydrogen-bond donors (Lipinski definition) is 4. The van der Waals surface area contributed by atoms with E-state index in [1.54, 1.807) is 42.5 Å². The molecule has 1 aliphatic heterocycles. The number of sulfone groups is 1. The second-order valence-corrected chi connectivity index (χ2v) is 16.8. The molecule has 3 aromatic rings. The molecule has 1 heterocycles. The van der Waals surface area contributed by atoms with E-state index in [9.17, 15) is 32.7 Å². The molecule has 1 aliphatic rings. The van der Waals surface area contributed by atoms with Gasteiger partial charge < -0.3 is 30.7 Å². The van der Waals surface area contributed by atoms with E-state index >= 15 is 0 Å². The average molecular weight is 709 g/mol. The Hall–Kier alpha value is -4.49. The average Bonchev–Trinajstić information content (AvgIpc) is 3.36. The number of hydrogen-bond acceptors (Lipinski definition) is 8. The van der Waals surface area contributed by atoms with Gasteiger partial charge in [-0.2, -0.15) is 0 Å². The molecule has 0 radical (unpaired) electrons. The zero-order valence-corrected chi connectivity index (χ0v) is 30.3. The second kappa shape index (κ2) is 15.6. The monoisotopic (exact) mass is 708 g/mol. The number of likely N-dealkylation sites (tertiary alicyclic amines) is 1. The number of carbonyl (C=O) groups excluding carboxylic acids is 4. The maximum Gasteiger partial charge on any atom is 0.258 e. The minimum atomic E-state index is -3.80. The summed E-state index contributed by atoms with van der Waals surface area (Å²) in [6, 6.07) is 18.0. The fourth-order valence-electron chi connectivity index (χ4n) is 6.19. The highest BCUT2D eigenvalue weighted by atomic mass is 32.2. The Morgan fingerprint density at radius 1 is 0.960 bits per heavy atom. The minimum Gasteiger partial charge on any atom is -0.483 e. The lowest BCUT2D eigenvalue weighted by Crippen LogP contribution is -2.61. The van der Waals surface area contributed by atoms with Gasteiger partial charge in [-0.05, 0) is 56.0 Å². The molecule has 0 bridgehead atoms. The lowest BCUT2D eigenvalue weighted by Gasteiger charge is -2.36. The molecule has 4 rings (SSSR count). The Morgan fingerprint density at radius 3 is 2.26 bits per heavy atom. The molecule has 4 atom stereocenters. The first-order chi connectivity index (χ1) is 23.3. The second-order valence-electron chi connectivity index (χ2n) is 14.6. The molecule has 3 aromatic carbocycles. The summed E-state index contributed by atoms with van der Waals surface area (Å²) in [6.45, 7) is 8.97. The summed E-state index contributed by atoms with van der Waals surface area (Å²) in [5.74, 6) is -3.07. The van der Waals surface area contributed by atoms with Gasteiger partial charge in [-0.1, -0.05) is 80.6 Å². The van der Waals surface area contributed by atoms with Crippen LogP contribution in [-0.2, 0) is 35.4 Å². The van der Waals surface area contributed by atoms with Crippen molar-refractivity contribution in [2.75, 3.05) is 25.2 Å². The van der Waals surface area contributed by atoms with Gasteiger partial charge in [0, 0.05) is 23.7 Å². The van der Waals surface area contributed by atoms with Crippen molar-refractivity contribution in [3.63, 3.8) is 0 Å². The Labute approximate surface area is 293 Å². The van der Waals surface area contributed by atoms with Crippen LogP contribution in [0.3, 0.4) is 0 Å². The molecule has 0 aromatic heterocycles. The van der Waals surface area contributed by atoms with Gasteiger partial charge in [-0.15, -0.1) is 0 Å². The zero-order chi connectivity index (χ0) is 36.9. The predicted octanol–water partition coefficient (Wildman–Crippen LogP) is 2.38. The van der Waals surface area contributed by atoms with Gasteiger partial charge in [-0.3, -0.25) is 19.2 Å². The lowest BCUT2D eigenvalue weighted by molar-refractivity contribution is -0.149. The van der Waals surface area contributed by atoms with Gasteiger partial charge in [0.05, 0.1) is 11.8 Å². The van der Waals surface area contributed by atoms with E-state index in [0.29, 0.717) is 17.7 Å². The van der Waals surface area contributed by atoms with Gasteiger partial charge >= 0.3 is 0 Å². The molecule has 4 amide bonds. The van der Waals surface area contributed by atoms with Crippen LogP contribution in [0.25, 0.3) is 10.8 Å². The van der Waals surface area contributed by atoms with Gasteiger partial charge in [0.2, 0.25) is 11.8 Å². The lowest BCUT2D eigenvalue weighted by atomic mass is 9.83. The minimum absolute atomic E-state index is 0.000687. The van der Waals surface area contributed by atoms with Crippen molar-refractivity contribution in [1.82, 2.24) is 20.9 Å². The molecule has 12 nitrogen and oxygen atoms in total. The van der Waals surface area contributed by atoms with E-state index in [-0.39, 0.29) is 18.9 Å². The van der Waals surface area contributed by atoms with Crippen LogP contribution in [-0.4, -0.2) is 97.0 Å². The maximum atomic E-state index is 14.0. The van der Waals surface area contributed by atoms with Crippen LogP contribution in [0, 0.1) is 5.41 Å². The SMILES string of the molecule is CC(C)(C)NC(=O)[C@H]1N(C(=O)[C@@H](O)[C@H](Cc2ccccc2)NC(=O)[C@H](CS(C)(=O)=O)NC(=O)COc2cccc3ccccc23)CCC1(C)C. The summed E-state index contributed by atoms with van der Waals surface area (Å²) in [7, 11) is -3.80. The van der Waals surface area contributed by atoms with Crippen molar-refractivity contribution in [3.05, 3.63) is 78.4 Å². The molecule has 1 fully saturated rings. The largest absolute Gasteiger partial charge is 0.483 e. The molecule has 13 heteroatoms. The van der Waals surface area contributed by atoms with Gasteiger partial charge in [-0.25, -0.2) is 8.42 Å². The van der Waals surface area contributed by atoms with Crippen LogP contribution in [0.4, 0.5) is 0 Å². The van der Waals surface area contributed by atoms with E-state index in [2.05, 4.69) is 16.0 Å². The van der Waals surface area contributed by atoms with Crippen molar-refractivity contribution in [3.8, 4) is 5.75 Å². The summed E-state index contributed by atoms with van der Waals surface area (Å²) in [5.41, 5.74) is -0.478. The van der Waals surface area contributed by atoms with Gasteiger partial charge in [0.15, 0.2) is 12.7 Å². The summed E-state index contributed by atoms with van der Waals surface area (Å²) in [5, 5.41) is 21.3. The molecular formula is C37H48N4O8S. The molecule has 1 saturated heterocycles. The third-order valence-corrected chi connectivity index (χ3v) is 9.51. The van der Waals surface area contributed by atoms with Crippen LogP contribution in [0.15, 0.2) is 72.8 Å². The van der Waals surface area contributed by atoms with Gasteiger partial charge in [0.25, 0.3) is 11.8 Å². The number of ether oxygens (including phenoxy) is 1. The van der Waals surface area contributed by atoms with Gasteiger partial charge in [0.1, 0.15) is 27.7 Å². The maximum absolute atomic E-state index is 14.0. The Bertz CT molecular complexity index is 1800. The third-order valence-electron chi connectivity index (χ3n) is 8.57. The first-order valence-electron chi connectivity index (χ1n) is 16.6. The molecule has 0 saturated carbocycles. The number of aliphatic hydroxyl groups is 1. The van der Waals surface area contributed by atoms with Crippen LogP contribution in [0.2, 0.25) is 0 Å². The van der Waals surface area contributed by atoms with Crippen molar-refractivity contribution < 1.29 is 37.4 Å². The number of nitrogens with one attached hydrogen (secondary N) is 3. The first kappa shape index (κ1) is 38.3. The number of rotatable bonds is 13.